The highest BCUT2D eigenvalue weighted by atomic mass is 16.7. The summed E-state index contributed by atoms with van der Waals surface area (Å²) in [6, 6.07) is 7.82. The summed E-state index contributed by atoms with van der Waals surface area (Å²) in [4.78, 5) is 0. The van der Waals surface area contributed by atoms with Crippen LogP contribution in [0.1, 0.15) is 25.0 Å². The number of nitrogen functional groups attached to an aromatic ring is 1. The maximum absolute atomic E-state index is 10.4. The number of hydrogen-bond donors (Lipinski definition) is 8. The molecule has 3 rings (SSSR count). The molecule has 2 aromatic carbocycles. The van der Waals surface area contributed by atoms with Crippen LogP contribution in [0.4, 0.5) is 5.69 Å². The molecule has 5 atom stereocenters. The zero-order valence-corrected chi connectivity index (χ0v) is 20.0. The highest BCUT2D eigenvalue weighted by Crippen LogP contribution is 2.37. The van der Waals surface area contributed by atoms with Crippen LogP contribution in [0.15, 0.2) is 30.3 Å². The van der Waals surface area contributed by atoms with E-state index in [4.69, 9.17) is 30.1 Å². The Labute approximate surface area is 208 Å². The topological polar surface area (TPSA) is 200 Å². The number of aliphatic hydroxyl groups excluding tert-OH is 4. The van der Waals surface area contributed by atoms with Crippen LogP contribution in [0.25, 0.3) is 0 Å². The van der Waals surface area contributed by atoms with Crippen LogP contribution in [0.3, 0.4) is 0 Å². The minimum atomic E-state index is -1.60. The molecule has 198 valence electrons. The molecule has 0 saturated carbocycles. The fourth-order valence-corrected chi connectivity index (χ4v) is 3.72. The third kappa shape index (κ3) is 6.09. The first kappa shape index (κ1) is 27.3. The number of aliphatic hydroxyl groups is 4. The molecule has 0 bridgehead atoms. The van der Waals surface area contributed by atoms with E-state index >= 15 is 0 Å². The number of hydrogen-bond acceptors (Lipinski definition) is 11. The van der Waals surface area contributed by atoms with Crippen molar-refractivity contribution in [3.8, 4) is 23.0 Å². The van der Waals surface area contributed by atoms with Crippen molar-refractivity contribution in [2.45, 2.75) is 51.1 Å². The number of ether oxygens (including phenoxy) is 4. The molecule has 1 aliphatic rings. The molecule has 0 unspecified atom stereocenters. The summed E-state index contributed by atoms with van der Waals surface area (Å²) in [7, 11) is 0. The molecule has 9 N–H and O–H groups in total. The van der Waals surface area contributed by atoms with Crippen LogP contribution in [-0.4, -0.2) is 81.9 Å². The van der Waals surface area contributed by atoms with Crippen LogP contribution in [0.5, 0.6) is 23.0 Å². The molecule has 36 heavy (non-hydrogen) atoms. The number of anilines is 1. The quantitative estimate of drug-likeness (QED) is 0.153. The number of nitrogens with one attached hydrogen (secondary N) is 2. The van der Waals surface area contributed by atoms with Crippen molar-refractivity contribution in [1.29, 1.82) is 5.41 Å². The average molecular weight is 508 g/mol. The maximum atomic E-state index is 10.4. The van der Waals surface area contributed by atoms with E-state index in [0.29, 0.717) is 36.0 Å². The molecule has 0 aliphatic carbocycles. The van der Waals surface area contributed by atoms with Crippen LogP contribution in [0.2, 0.25) is 0 Å². The lowest BCUT2D eigenvalue weighted by atomic mass is 9.99. The van der Waals surface area contributed by atoms with Crippen molar-refractivity contribution < 1.29 is 44.5 Å². The highest BCUT2D eigenvalue weighted by molar-refractivity contribution is 5.97. The third-order valence-electron chi connectivity index (χ3n) is 5.59. The van der Waals surface area contributed by atoms with Gasteiger partial charge in [0.1, 0.15) is 41.8 Å². The zero-order valence-electron chi connectivity index (χ0n) is 20.0. The summed E-state index contributed by atoms with van der Waals surface area (Å²) in [6.45, 7) is 3.93. The lowest BCUT2D eigenvalue weighted by Gasteiger charge is -2.39. The van der Waals surface area contributed by atoms with Gasteiger partial charge in [-0.1, -0.05) is 0 Å². The minimum absolute atomic E-state index is 0.160. The van der Waals surface area contributed by atoms with Gasteiger partial charge < -0.3 is 55.5 Å². The molecule has 0 amide bonds. The van der Waals surface area contributed by atoms with Crippen molar-refractivity contribution >= 4 is 11.5 Å². The molecule has 0 radical (unpaired) electrons. The lowest BCUT2D eigenvalue weighted by molar-refractivity contribution is -0.277. The molecule has 1 saturated heterocycles. The second-order valence-electron chi connectivity index (χ2n) is 8.09. The lowest BCUT2D eigenvalue weighted by Crippen LogP contribution is -2.60. The van der Waals surface area contributed by atoms with Crippen molar-refractivity contribution in [1.82, 2.24) is 0 Å². The minimum Gasteiger partial charge on any atom is -0.507 e. The summed E-state index contributed by atoms with van der Waals surface area (Å²) >= 11 is 0. The predicted octanol–water partition coefficient (Wildman–Crippen LogP) is 0.264. The number of rotatable bonds is 11. The molecule has 1 fully saturated rings. The van der Waals surface area contributed by atoms with Crippen molar-refractivity contribution in [3.05, 3.63) is 41.5 Å². The van der Waals surface area contributed by atoms with Gasteiger partial charge in [0.2, 0.25) is 6.29 Å². The molecule has 12 nitrogen and oxygen atoms in total. The zero-order chi connectivity index (χ0) is 26.4. The highest BCUT2D eigenvalue weighted by Gasteiger charge is 2.45. The Morgan fingerprint density at radius 1 is 1.00 bits per heavy atom. The fraction of sp³-hybridized carbons (Fsp3) is 0.458. The van der Waals surface area contributed by atoms with E-state index in [9.17, 15) is 25.5 Å². The number of benzene rings is 2. The van der Waals surface area contributed by atoms with Gasteiger partial charge >= 0.3 is 0 Å². The Morgan fingerprint density at radius 2 is 1.67 bits per heavy atom. The molecule has 12 heteroatoms. The van der Waals surface area contributed by atoms with Gasteiger partial charge in [0.15, 0.2) is 11.5 Å². The predicted molar refractivity (Wildman–Crippen MR) is 130 cm³/mol. The standard InChI is InChI=1S/C24H33N3O9/c1-3-33-17-7-12(10-27-13-5-6-14(23(25)26)15(29)8-13)16(9-18(17)34-4-2)35-24-22(32)21(31)20(30)19(11-28)36-24/h5-9,19-22,24,27-32H,3-4,10-11H2,1-2H3,(H3,25,26)/t19-,20-,21+,22-,24-/m1/s1. The molecular weight excluding hydrogens is 474 g/mol. The molecule has 0 spiro atoms. The van der Waals surface area contributed by atoms with Crippen LogP contribution in [0, 0.1) is 5.41 Å². The summed E-state index contributed by atoms with van der Waals surface area (Å²) in [6.07, 6.45) is -7.24. The number of aromatic hydroxyl groups is 1. The van der Waals surface area contributed by atoms with Gasteiger partial charge in [0.05, 0.1) is 25.4 Å². The number of nitrogens with two attached hydrogens (primary N) is 1. The SMILES string of the molecule is CCOc1cc(CNc2ccc(C(=N)N)c(O)c2)c(O[C@@H]2O[C@H](CO)[C@@H](O)[C@H](O)[C@H]2O)cc1OCC. The third-order valence-corrected chi connectivity index (χ3v) is 5.59. The second-order valence-corrected chi connectivity index (χ2v) is 8.09. The van der Waals surface area contributed by atoms with E-state index < -0.39 is 37.3 Å². The van der Waals surface area contributed by atoms with Crippen LogP contribution < -0.4 is 25.3 Å². The van der Waals surface area contributed by atoms with Crippen LogP contribution in [-0.2, 0) is 11.3 Å². The summed E-state index contributed by atoms with van der Waals surface area (Å²) in [5.74, 6) is 0.635. The van der Waals surface area contributed by atoms with Gasteiger partial charge in [-0.15, -0.1) is 0 Å². The average Bonchev–Trinajstić information content (AvgIpc) is 2.85. The van der Waals surface area contributed by atoms with Crippen LogP contribution >= 0.6 is 0 Å². The number of phenols is 1. The monoisotopic (exact) mass is 507 g/mol. The Balaban J connectivity index is 1.92. The van der Waals surface area contributed by atoms with Gasteiger partial charge in [0, 0.05) is 29.9 Å². The van der Waals surface area contributed by atoms with Gasteiger partial charge in [0.25, 0.3) is 0 Å². The second kappa shape index (κ2) is 12.1. The van der Waals surface area contributed by atoms with E-state index in [0.717, 1.165) is 0 Å². The first-order chi connectivity index (χ1) is 17.2. The summed E-state index contributed by atoms with van der Waals surface area (Å²) in [5, 5.41) is 60.9. The van der Waals surface area contributed by atoms with E-state index in [-0.39, 0.29) is 29.4 Å². The van der Waals surface area contributed by atoms with Gasteiger partial charge in [-0.3, -0.25) is 5.41 Å². The van der Waals surface area contributed by atoms with E-state index in [1.54, 1.807) is 25.1 Å². The summed E-state index contributed by atoms with van der Waals surface area (Å²) in [5.41, 5.74) is 6.73. The first-order valence-electron chi connectivity index (χ1n) is 11.5. The Kier molecular flexibility index (Phi) is 9.18. The Morgan fingerprint density at radius 3 is 2.25 bits per heavy atom. The largest absolute Gasteiger partial charge is 0.507 e. The first-order valence-corrected chi connectivity index (χ1v) is 11.5. The smallest absolute Gasteiger partial charge is 0.229 e. The van der Waals surface area contributed by atoms with E-state index in [1.165, 1.54) is 12.1 Å². The Hall–Kier alpha value is -3.29. The molecule has 2 aromatic rings. The van der Waals surface area contributed by atoms with Gasteiger partial charge in [-0.25, -0.2) is 0 Å². The normalized spacial score (nSPS) is 23.7. The van der Waals surface area contributed by atoms with Crippen molar-refractivity contribution in [3.63, 3.8) is 0 Å². The van der Waals surface area contributed by atoms with Crippen molar-refractivity contribution in [2.24, 2.45) is 5.73 Å². The fourth-order valence-electron chi connectivity index (χ4n) is 3.72. The van der Waals surface area contributed by atoms with Gasteiger partial charge in [-0.2, -0.15) is 0 Å². The van der Waals surface area contributed by atoms with E-state index in [2.05, 4.69) is 5.32 Å². The number of amidine groups is 1. The van der Waals surface area contributed by atoms with Crippen molar-refractivity contribution in [2.75, 3.05) is 25.1 Å². The molecular formula is C24H33N3O9. The van der Waals surface area contributed by atoms with E-state index in [1.807, 2.05) is 6.92 Å². The number of phenolic OH excluding ortho intramolecular Hbond substituents is 1. The van der Waals surface area contributed by atoms with Gasteiger partial charge in [-0.05, 0) is 32.0 Å². The molecule has 0 aromatic heterocycles. The molecule has 1 heterocycles. The Bertz CT molecular complexity index is 1050. The summed E-state index contributed by atoms with van der Waals surface area (Å²) < 4.78 is 22.8. The molecule has 1 aliphatic heterocycles. The maximum Gasteiger partial charge on any atom is 0.229 e.